The van der Waals surface area contributed by atoms with Gasteiger partial charge < -0.3 is 21.1 Å². The average Bonchev–Trinajstić information content (AvgIpc) is 2.70. The highest BCUT2D eigenvalue weighted by Crippen LogP contribution is 2.31. The van der Waals surface area contributed by atoms with Crippen LogP contribution in [0.15, 0.2) is 18.2 Å². The third-order valence-corrected chi connectivity index (χ3v) is 6.37. The SMILES string of the molecule is CCCCC1CC(NC(C)(C)C)CCC1NC(=O)CNC(=O)c1ccc(O)c(C(C)(C)C)c1. The van der Waals surface area contributed by atoms with E-state index in [-0.39, 0.29) is 41.1 Å². The van der Waals surface area contributed by atoms with E-state index >= 15 is 0 Å². The van der Waals surface area contributed by atoms with Crippen molar-refractivity contribution in [1.29, 1.82) is 0 Å². The minimum absolute atomic E-state index is 0.0504. The molecule has 0 radical (unpaired) electrons. The maximum atomic E-state index is 12.7. The fourth-order valence-corrected chi connectivity index (χ4v) is 4.78. The zero-order valence-corrected chi connectivity index (χ0v) is 21.7. The summed E-state index contributed by atoms with van der Waals surface area (Å²) >= 11 is 0. The lowest BCUT2D eigenvalue weighted by atomic mass is 9.78. The number of rotatable bonds is 8. The second-order valence-electron chi connectivity index (χ2n) is 11.6. The highest BCUT2D eigenvalue weighted by atomic mass is 16.3. The average molecular weight is 460 g/mol. The second kappa shape index (κ2) is 11.4. The van der Waals surface area contributed by atoms with E-state index in [4.69, 9.17) is 0 Å². The van der Waals surface area contributed by atoms with Crippen molar-refractivity contribution in [3.05, 3.63) is 29.3 Å². The van der Waals surface area contributed by atoms with E-state index < -0.39 is 0 Å². The topological polar surface area (TPSA) is 90.5 Å². The Morgan fingerprint density at radius 1 is 1.09 bits per heavy atom. The molecule has 3 unspecified atom stereocenters. The van der Waals surface area contributed by atoms with Crippen molar-refractivity contribution in [3.63, 3.8) is 0 Å². The first kappa shape index (κ1) is 27.2. The lowest BCUT2D eigenvalue weighted by Gasteiger charge is -2.40. The van der Waals surface area contributed by atoms with E-state index in [0.717, 1.165) is 38.5 Å². The highest BCUT2D eigenvalue weighted by Gasteiger charge is 2.32. The van der Waals surface area contributed by atoms with Crippen LogP contribution in [0.5, 0.6) is 5.75 Å². The van der Waals surface area contributed by atoms with Crippen LogP contribution in [0.1, 0.15) is 103 Å². The minimum atomic E-state index is -0.309. The third kappa shape index (κ3) is 8.65. The Kier molecular flexibility index (Phi) is 9.36. The van der Waals surface area contributed by atoms with Gasteiger partial charge in [-0.05, 0) is 76.0 Å². The van der Waals surface area contributed by atoms with Crippen LogP contribution in [-0.2, 0) is 10.2 Å². The van der Waals surface area contributed by atoms with E-state index in [1.54, 1.807) is 12.1 Å². The molecule has 0 aromatic heterocycles. The van der Waals surface area contributed by atoms with Gasteiger partial charge in [0.05, 0.1) is 6.54 Å². The fourth-order valence-electron chi connectivity index (χ4n) is 4.78. The molecule has 0 saturated heterocycles. The first-order chi connectivity index (χ1) is 15.3. The number of unbranched alkanes of at least 4 members (excludes halogenated alkanes) is 1. The molecule has 6 heteroatoms. The summed E-state index contributed by atoms with van der Waals surface area (Å²) in [5, 5.41) is 19.8. The van der Waals surface area contributed by atoms with Crippen LogP contribution >= 0.6 is 0 Å². The van der Waals surface area contributed by atoms with Crippen LogP contribution in [0.4, 0.5) is 0 Å². The summed E-state index contributed by atoms with van der Waals surface area (Å²) < 4.78 is 0. The van der Waals surface area contributed by atoms with Gasteiger partial charge in [-0.1, -0.05) is 40.5 Å². The van der Waals surface area contributed by atoms with Crippen LogP contribution in [0.25, 0.3) is 0 Å². The van der Waals surface area contributed by atoms with Gasteiger partial charge in [0.1, 0.15) is 5.75 Å². The molecular weight excluding hydrogens is 414 g/mol. The number of carbonyl (C=O) groups excluding carboxylic acids is 2. The molecule has 1 aromatic rings. The molecule has 2 amide bonds. The maximum absolute atomic E-state index is 12.7. The van der Waals surface area contributed by atoms with Crippen LogP contribution in [0.2, 0.25) is 0 Å². The van der Waals surface area contributed by atoms with Crippen molar-refractivity contribution in [2.24, 2.45) is 5.92 Å². The number of benzene rings is 1. The molecule has 4 N–H and O–H groups in total. The lowest BCUT2D eigenvalue weighted by molar-refractivity contribution is -0.121. The predicted molar refractivity (Wildman–Crippen MR) is 135 cm³/mol. The summed E-state index contributed by atoms with van der Waals surface area (Å²) in [5.41, 5.74) is 0.951. The number of carbonyl (C=O) groups is 2. The summed E-state index contributed by atoms with van der Waals surface area (Å²) in [7, 11) is 0. The standard InChI is InChI=1S/C27H45N3O3/c1-8-9-10-18-15-20(30-27(5,6)7)12-13-22(18)29-24(32)17-28-25(33)19-11-14-23(31)21(16-19)26(2,3)4/h11,14,16,18,20,22,30-31H,8-10,12-13,15,17H2,1-7H3,(H,28,33)(H,29,32). The summed E-state index contributed by atoms with van der Waals surface area (Å²) in [6.07, 6.45) is 6.48. The number of phenols is 1. The van der Waals surface area contributed by atoms with E-state index in [1.165, 1.54) is 6.07 Å². The summed E-state index contributed by atoms with van der Waals surface area (Å²) in [5.74, 6) is 0.166. The highest BCUT2D eigenvalue weighted by molar-refractivity contribution is 5.96. The van der Waals surface area contributed by atoms with E-state index in [2.05, 4.69) is 43.6 Å². The van der Waals surface area contributed by atoms with Gasteiger partial charge in [0.2, 0.25) is 5.91 Å². The van der Waals surface area contributed by atoms with E-state index in [9.17, 15) is 14.7 Å². The van der Waals surface area contributed by atoms with Gasteiger partial charge in [0.15, 0.2) is 0 Å². The Balaban J connectivity index is 1.94. The number of hydrogen-bond acceptors (Lipinski definition) is 4. The normalized spacial score (nSPS) is 21.5. The van der Waals surface area contributed by atoms with Gasteiger partial charge in [0, 0.05) is 28.7 Å². The van der Waals surface area contributed by atoms with Crippen LogP contribution in [0, 0.1) is 5.92 Å². The van der Waals surface area contributed by atoms with E-state index in [1.807, 2.05) is 20.8 Å². The van der Waals surface area contributed by atoms with Crippen LogP contribution in [0.3, 0.4) is 0 Å². The summed E-state index contributed by atoms with van der Waals surface area (Å²) in [4.78, 5) is 25.3. The number of aromatic hydroxyl groups is 1. The van der Waals surface area contributed by atoms with E-state index in [0.29, 0.717) is 23.1 Å². The van der Waals surface area contributed by atoms with Crippen molar-refractivity contribution >= 4 is 11.8 Å². The van der Waals surface area contributed by atoms with Gasteiger partial charge in [-0.15, -0.1) is 0 Å². The molecule has 2 rings (SSSR count). The second-order valence-corrected chi connectivity index (χ2v) is 11.6. The van der Waals surface area contributed by atoms with Crippen molar-refractivity contribution < 1.29 is 14.7 Å². The molecule has 1 aliphatic rings. The molecule has 1 fully saturated rings. The van der Waals surface area contributed by atoms with Crippen molar-refractivity contribution in [1.82, 2.24) is 16.0 Å². The van der Waals surface area contributed by atoms with Gasteiger partial charge >= 0.3 is 0 Å². The Morgan fingerprint density at radius 2 is 1.79 bits per heavy atom. The zero-order valence-electron chi connectivity index (χ0n) is 21.7. The maximum Gasteiger partial charge on any atom is 0.251 e. The van der Waals surface area contributed by atoms with Gasteiger partial charge in [0.25, 0.3) is 5.91 Å². The predicted octanol–water partition coefficient (Wildman–Crippen LogP) is 4.65. The van der Waals surface area contributed by atoms with Gasteiger partial charge in [-0.25, -0.2) is 0 Å². The molecule has 1 saturated carbocycles. The molecule has 0 aliphatic heterocycles. The quantitative estimate of drug-likeness (QED) is 0.455. The van der Waals surface area contributed by atoms with Crippen molar-refractivity contribution in [3.8, 4) is 5.75 Å². The first-order valence-electron chi connectivity index (χ1n) is 12.5. The minimum Gasteiger partial charge on any atom is -0.508 e. The molecule has 1 aromatic carbocycles. The molecule has 6 nitrogen and oxygen atoms in total. The molecule has 33 heavy (non-hydrogen) atoms. The van der Waals surface area contributed by atoms with Crippen molar-refractivity contribution in [2.75, 3.05) is 6.54 Å². The number of phenolic OH excluding ortho intramolecular Hbond substituents is 1. The van der Waals surface area contributed by atoms with Crippen molar-refractivity contribution in [2.45, 2.75) is 110 Å². The molecule has 3 atom stereocenters. The summed E-state index contributed by atoms with van der Waals surface area (Å²) in [6.45, 7) is 14.7. The summed E-state index contributed by atoms with van der Waals surface area (Å²) in [6, 6.07) is 5.46. The number of amides is 2. The molecule has 0 bridgehead atoms. The molecule has 0 spiro atoms. The van der Waals surface area contributed by atoms with Crippen LogP contribution < -0.4 is 16.0 Å². The third-order valence-electron chi connectivity index (χ3n) is 6.37. The largest absolute Gasteiger partial charge is 0.508 e. The Bertz CT molecular complexity index is 808. The monoisotopic (exact) mass is 459 g/mol. The number of hydrogen-bond donors (Lipinski definition) is 4. The molecule has 1 aliphatic carbocycles. The molecule has 0 heterocycles. The molecule has 186 valence electrons. The first-order valence-corrected chi connectivity index (χ1v) is 12.5. The Labute approximate surface area is 200 Å². The fraction of sp³-hybridized carbons (Fsp3) is 0.704. The van der Waals surface area contributed by atoms with Crippen LogP contribution in [-0.4, -0.2) is 41.1 Å². The molecular formula is C27H45N3O3. The van der Waals surface area contributed by atoms with Gasteiger partial charge in [-0.3, -0.25) is 9.59 Å². The number of nitrogens with one attached hydrogen (secondary N) is 3. The Morgan fingerprint density at radius 3 is 2.39 bits per heavy atom. The van der Waals surface area contributed by atoms with Gasteiger partial charge in [-0.2, -0.15) is 0 Å². The zero-order chi connectivity index (χ0) is 24.8. The smallest absolute Gasteiger partial charge is 0.251 e. The lowest BCUT2D eigenvalue weighted by Crippen LogP contribution is -2.52. The Hall–Kier alpha value is -2.08.